The number of hydrogen-bond acceptors (Lipinski definition) is 4. The molecule has 1 aliphatic rings. The molecule has 7 heteroatoms. The highest BCUT2D eigenvalue weighted by Gasteiger charge is 2.24. The molecule has 0 saturated heterocycles. The van der Waals surface area contributed by atoms with Crippen molar-refractivity contribution in [3.8, 4) is 0 Å². The van der Waals surface area contributed by atoms with Gasteiger partial charge in [-0.3, -0.25) is 9.59 Å². The first-order valence-corrected chi connectivity index (χ1v) is 7.04. The Kier molecular flexibility index (Phi) is 7.25. The molecule has 2 rings (SSSR count). The van der Waals surface area contributed by atoms with Crippen molar-refractivity contribution in [3.05, 3.63) is 23.7 Å². The number of carbonyl (C=O) groups excluding carboxylic acids is 2. The molecule has 0 atom stereocenters. The zero-order valence-corrected chi connectivity index (χ0v) is 12.7. The van der Waals surface area contributed by atoms with Crippen LogP contribution in [0.3, 0.4) is 0 Å². The van der Waals surface area contributed by atoms with Crippen molar-refractivity contribution in [2.75, 3.05) is 13.1 Å². The number of furan rings is 1. The Morgan fingerprint density at radius 2 is 2.00 bits per heavy atom. The maximum absolute atomic E-state index is 11.7. The quantitative estimate of drug-likeness (QED) is 0.658. The van der Waals surface area contributed by atoms with E-state index in [0.717, 1.165) is 19.3 Å². The van der Waals surface area contributed by atoms with E-state index in [4.69, 9.17) is 10.2 Å². The molecule has 6 nitrogen and oxygen atoms in total. The van der Waals surface area contributed by atoms with Gasteiger partial charge < -0.3 is 20.8 Å². The molecule has 1 aliphatic carbocycles. The van der Waals surface area contributed by atoms with Crippen LogP contribution in [0.2, 0.25) is 0 Å². The molecule has 0 unspecified atom stereocenters. The molecule has 2 amide bonds. The molecule has 0 radical (unpaired) electrons. The molecule has 1 heterocycles. The topological polar surface area (TPSA) is 97.4 Å². The summed E-state index contributed by atoms with van der Waals surface area (Å²) in [4.78, 5) is 23.3. The van der Waals surface area contributed by atoms with Crippen LogP contribution in [0.1, 0.15) is 41.8 Å². The summed E-state index contributed by atoms with van der Waals surface area (Å²) in [5.74, 6) is 0.761. The Bertz CT molecular complexity index is 472. The Morgan fingerprint density at radius 1 is 1.29 bits per heavy atom. The number of carbonyl (C=O) groups is 2. The summed E-state index contributed by atoms with van der Waals surface area (Å²) >= 11 is 0. The maximum Gasteiger partial charge on any atom is 0.254 e. The van der Waals surface area contributed by atoms with E-state index in [0.29, 0.717) is 30.8 Å². The van der Waals surface area contributed by atoms with Crippen LogP contribution in [0.15, 0.2) is 16.7 Å². The Morgan fingerprint density at radius 3 is 2.57 bits per heavy atom. The summed E-state index contributed by atoms with van der Waals surface area (Å²) in [6, 6.07) is 1.63. The Balaban J connectivity index is 0.00000220. The standard InChI is InChI=1S/C14H21N3O3.ClH/c15-8-12-7-11(9-20-12)14(19)17-6-2-5-16-13(18)10-3-1-4-10;/h7,9-10H,1-6,8,15H2,(H,16,18)(H,17,19);1H. The van der Waals surface area contributed by atoms with Gasteiger partial charge in [-0.2, -0.15) is 0 Å². The highest BCUT2D eigenvalue weighted by atomic mass is 35.5. The number of amides is 2. The first-order chi connectivity index (χ1) is 9.70. The fourth-order valence-electron chi connectivity index (χ4n) is 2.03. The lowest BCUT2D eigenvalue weighted by molar-refractivity contribution is -0.127. The first kappa shape index (κ1) is 17.5. The van der Waals surface area contributed by atoms with Crippen molar-refractivity contribution in [2.24, 2.45) is 11.7 Å². The summed E-state index contributed by atoms with van der Waals surface area (Å²) in [5, 5.41) is 5.66. The third kappa shape index (κ3) is 5.06. The van der Waals surface area contributed by atoms with Gasteiger partial charge in [0.2, 0.25) is 5.91 Å². The summed E-state index contributed by atoms with van der Waals surface area (Å²) in [7, 11) is 0. The fourth-order valence-corrected chi connectivity index (χ4v) is 2.03. The number of nitrogens with one attached hydrogen (secondary N) is 2. The van der Waals surface area contributed by atoms with Gasteiger partial charge in [0.25, 0.3) is 5.91 Å². The van der Waals surface area contributed by atoms with Crippen LogP contribution < -0.4 is 16.4 Å². The van der Waals surface area contributed by atoms with Crippen LogP contribution in [0.25, 0.3) is 0 Å². The summed E-state index contributed by atoms with van der Waals surface area (Å²) in [6.45, 7) is 1.39. The molecule has 118 valence electrons. The van der Waals surface area contributed by atoms with Gasteiger partial charge in [-0.05, 0) is 25.3 Å². The van der Waals surface area contributed by atoms with E-state index < -0.39 is 0 Å². The fraction of sp³-hybridized carbons (Fsp3) is 0.571. The molecule has 0 spiro atoms. The van der Waals surface area contributed by atoms with Crippen molar-refractivity contribution in [1.82, 2.24) is 10.6 Å². The lowest BCUT2D eigenvalue weighted by Gasteiger charge is -2.23. The van der Waals surface area contributed by atoms with Crippen LogP contribution in [0.5, 0.6) is 0 Å². The van der Waals surface area contributed by atoms with Gasteiger partial charge in [0.15, 0.2) is 0 Å². The van der Waals surface area contributed by atoms with E-state index in [9.17, 15) is 9.59 Å². The third-order valence-electron chi connectivity index (χ3n) is 3.53. The van der Waals surface area contributed by atoms with E-state index in [2.05, 4.69) is 10.6 Å². The van der Waals surface area contributed by atoms with E-state index in [1.165, 1.54) is 6.26 Å². The average molecular weight is 316 g/mol. The molecule has 0 bridgehead atoms. The molecular weight excluding hydrogens is 294 g/mol. The van der Waals surface area contributed by atoms with Crippen molar-refractivity contribution in [1.29, 1.82) is 0 Å². The first-order valence-electron chi connectivity index (χ1n) is 7.04. The van der Waals surface area contributed by atoms with Gasteiger partial charge in [-0.25, -0.2) is 0 Å². The lowest BCUT2D eigenvalue weighted by atomic mass is 9.85. The van der Waals surface area contributed by atoms with Gasteiger partial charge in [-0.15, -0.1) is 12.4 Å². The second kappa shape index (κ2) is 8.69. The second-order valence-electron chi connectivity index (χ2n) is 5.03. The lowest BCUT2D eigenvalue weighted by Crippen LogP contribution is -2.36. The van der Waals surface area contributed by atoms with Gasteiger partial charge in [0.05, 0.1) is 12.1 Å². The summed E-state index contributed by atoms with van der Waals surface area (Å²) in [5.41, 5.74) is 5.88. The number of halogens is 1. The monoisotopic (exact) mass is 315 g/mol. The largest absolute Gasteiger partial charge is 0.467 e. The van der Waals surface area contributed by atoms with Gasteiger partial charge >= 0.3 is 0 Å². The van der Waals surface area contributed by atoms with Crippen LogP contribution in [0.4, 0.5) is 0 Å². The number of hydrogen-bond donors (Lipinski definition) is 3. The van der Waals surface area contributed by atoms with Crippen LogP contribution in [-0.2, 0) is 11.3 Å². The van der Waals surface area contributed by atoms with Crippen LogP contribution >= 0.6 is 12.4 Å². The molecule has 21 heavy (non-hydrogen) atoms. The second-order valence-corrected chi connectivity index (χ2v) is 5.03. The highest BCUT2D eigenvalue weighted by Crippen LogP contribution is 2.25. The zero-order chi connectivity index (χ0) is 14.4. The van der Waals surface area contributed by atoms with Crippen LogP contribution in [-0.4, -0.2) is 24.9 Å². The minimum Gasteiger partial charge on any atom is -0.467 e. The number of rotatable bonds is 7. The Labute approximate surface area is 130 Å². The van der Waals surface area contributed by atoms with Crippen molar-refractivity contribution < 1.29 is 14.0 Å². The van der Waals surface area contributed by atoms with Gasteiger partial charge in [0.1, 0.15) is 12.0 Å². The van der Waals surface area contributed by atoms with E-state index in [1.54, 1.807) is 6.07 Å². The predicted molar refractivity (Wildman–Crippen MR) is 81.1 cm³/mol. The number of nitrogens with two attached hydrogens (primary N) is 1. The molecule has 1 saturated carbocycles. The molecule has 1 fully saturated rings. The van der Waals surface area contributed by atoms with E-state index >= 15 is 0 Å². The maximum atomic E-state index is 11.7. The molecular formula is C14H22ClN3O3. The van der Waals surface area contributed by atoms with Crippen molar-refractivity contribution >= 4 is 24.2 Å². The predicted octanol–water partition coefficient (Wildman–Crippen LogP) is 1.20. The SMILES string of the molecule is Cl.NCc1cc(C(=O)NCCCNC(=O)C2CCC2)co1. The van der Waals surface area contributed by atoms with E-state index in [1.807, 2.05) is 0 Å². The molecule has 1 aromatic rings. The molecule has 0 aliphatic heterocycles. The Hall–Kier alpha value is -1.53. The minimum absolute atomic E-state index is 0. The average Bonchev–Trinajstić information content (AvgIpc) is 2.84. The summed E-state index contributed by atoms with van der Waals surface area (Å²) in [6.07, 6.45) is 5.28. The smallest absolute Gasteiger partial charge is 0.254 e. The van der Waals surface area contributed by atoms with Crippen molar-refractivity contribution in [3.63, 3.8) is 0 Å². The molecule has 0 aromatic carbocycles. The highest BCUT2D eigenvalue weighted by molar-refractivity contribution is 5.93. The molecule has 4 N–H and O–H groups in total. The van der Waals surface area contributed by atoms with Crippen molar-refractivity contribution in [2.45, 2.75) is 32.2 Å². The third-order valence-corrected chi connectivity index (χ3v) is 3.53. The van der Waals surface area contributed by atoms with E-state index in [-0.39, 0.29) is 36.7 Å². The summed E-state index contributed by atoms with van der Waals surface area (Å²) < 4.78 is 5.10. The van der Waals surface area contributed by atoms with Gasteiger partial charge in [-0.1, -0.05) is 6.42 Å². The molecule has 1 aromatic heterocycles. The normalized spacial score (nSPS) is 14.0. The zero-order valence-electron chi connectivity index (χ0n) is 11.9. The minimum atomic E-state index is -0.182. The van der Waals surface area contributed by atoms with Gasteiger partial charge in [0, 0.05) is 19.0 Å². The van der Waals surface area contributed by atoms with Crippen LogP contribution in [0, 0.1) is 5.92 Å².